The number of nitrogens with one attached hydrogen (secondary N) is 1. The number of amides is 1. The SMILES string of the molecule is C[C@H](N)C(=O)Nc1ccc(S(N)(=O)=O)cc1. The molecule has 0 fully saturated rings. The molecule has 16 heavy (non-hydrogen) atoms. The zero-order valence-electron chi connectivity index (χ0n) is 8.67. The molecular weight excluding hydrogens is 230 g/mol. The van der Waals surface area contributed by atoms with Crippen LogP contribution in [0.15, 0.2) is 29.2 Å². The zero-order valence-corrected chi connectivity index (χ0v) is 9.49. The van der Waals surface area contributed by atoms with E-state index in [4.69, 9.17) is 10.9 Å². The second-order valence-corrected chi connectivity index (χ2v) is 4.91. The molecule has 0 aliphatic rings. The van der Waals surface area contributed by atoms with Crippen molar-refractivity contribution in [2.24, 2.45) is 10.9 Å². The fourth-order valence-electron chi connectivity index (χ4n) is 0.984. The molecular formula is C9H13N3O3S. The summed E-state index contributed by atoms with van der Waals surface area (Å²) in [5, 5.41) is 7.44. The van der Waals surface area contributed by atoms with Gasteiger partial charge in [0.25, 0.3) is 0 Å². The van der Waals surface area contributed by atoms with Gasteiger partial charge in [0.05, 0.1) is 10.9 Å². The van der Waals surface area contributed by atoms with E-state index in [1.807, 2.05) is 0 Å². The quantitative estimate of drug-likeness (QED) is 0.671. The Morgan fingerprint density at radius 1 is 1.31 bits per heavy atom. The third kappa shape index (κ3) is 3.30. The van der Waals surface area contributed by atoms with E-state index in [0.29, 0.717) is 5.69 Å². The first kappa shape index (κ1) is 12.6. The highest BCUT2D eigenvalue weighted by molar-refractivity contribution is 7.89. The van der Waals surface area contributed by atoms with Crippen molar-refractivity contribution in [3.63, 3.8) is 0 Å². The first-order valence-electron chi connectivity index (χ1n) is 4.50. The Balaban J connectivity index is 2.84. The summed E-state index contributed by atoms with van der Waals surface area (Å²) in [5.74, 6) is -0.344. The molecule has 1 aromatic rings. The molecule has 0 saturated carbocycles. The average molecular weight is 243 g/mol. The van der Waals surface area contributed by atoms with Crippen LogP contribution in [0.4, 0.5) is 5.69 Å². The smallest absolute Gasteiger partial charge is 0.240 e. The van der Waals surface area contributed by atoms with Crippen molar-refractivity contribution < 1.29 is 13.2 Å². The summed E-state index contributed by atoms with van der Waals surface area (Å²) in [5.41, 5.74) is 5.82. The Bertz CT molecular complexity index is 479. The molecule has 0 aromatic heterocycles. The van der Waals surface area contributed by atoms with E-state index in [1.165, 1.54) is 24.3 Å². The summed E-state index contributed by atoms with van der Waals surface area (Å²) in [6.07, 6.45) is 0. The minimum absolute atomic E-state index is 0.00806. The van der Waals surface area contributed by atoms with Crippen LogP contribution in [0.25, 0.3) is 0 Å². The average Bonchev–Trinajstić information content (AvgIpc) is 2.17. The van der Waals surface area contributed by atoms with Crippen LogP contribution in [0, 0.1) is 0 Å². The van der Waals surface area contributed by atoms with Gasteiger partial charge in [0.1, 0.15) is 0 Å². The molecule has 5 N–H and O–H groups in total. The number of rotatable bonds is 3. The van der Waals surface area contributed by atoms with Gasteiger partial charge in [0, 0.05) is 5.69 Å². The van der Waals surface area contributed by atoms with Crippen molar-refractivity contribution >= 4 is 21.6 Å². The van der Waals surface area contributed by atoms with E-state index >= 15 is 0 Å². The minimum Gasteiger partial charge on any atom is -0.325 e. The summed E-state index contributed by atoms with van der Waals surface area (Å²) < 4.78 is 21.9. The number of sulfonamides is 1. The summed E-state index contributed by atoms with van der Waals surface area (Å²) in [4.78, 5) is 11.2. The van der Waals surface area contributed by atoms with Crippen LogP contribution in [-0.4, -0.2) is 20.4 Å². The number of anilines is 1. The molecule has 1 rings (SSSR count). The highest BCUT2D eigenvalue weighted by Crippen LogP contribution is 2.12. The molecule has 0 spiro atoms. The predicted octanol–water partition coefficient (Wildman–Crippen LogP) is -0.380. The molecule has 0 unspecified atom stereocenters. The molecule has 7 heteroatoms. The fraction of sp³-hybridized carbons (Fsp3) is 0.222. The number of carbonyl (C=O) groups is 1. The number of benzene rings is 1. The van der Waals surface area contributed by atoms with Crippen LogP contribution in [0.2, 0.25) is 0 Å². The van der Waals surface area contributed by atoms with Crippen molar-refractivity contribution in [2.45, 2.75) is 17.9 Å². The maximum Gasteiger partial charge on any atom is 0.240 e. The van der Waals surface area contributed by atoms with Crippen molar-refractivity contribution in [3.05, 3.63) is 24.3 Å². The molecule has 1 amide bonds. The minimum atomic E-state index is -3.70. The lowest BCUT2D eigenvalue weighted by molar-refractivity contribution is -0.117. The molecule has 1 atom stereocenters. The van der Waals surface area contributed by atoms with E-state index in [0.717, 1.165) is 0 Å². The maximum atomic E-state index is 11.2. The van der Waals surface area contributed by atoms with Crippen molar-refractivity contribution in [2.75, 3.05) is 5.32 Å². The van der Waals surface area contributed by atoms with Gasteiger partial charge in [-0.15, -0.1) is 0 Å². The highest BCUT2D eigenvalue weighted by atomic mass is 32.2. The van der Waals surface area contributed by atoms with Gasteiger partial charge in [-0.3, -0.25) is 4.79 Å². The van der Waals surface area contributed by atoms with Gasteiger partial charge in [-0.2, -0.15) is 0 Å². The molecule has 0 heterocycles. The van der Waals surface area contributed by atoms with Gasteiger partial charge >= 0.3 is 0 Å². The van der Waals surface area contributed by atoms with Gasteiger partial charge < -0.3 is 11.1 Å². The number of nitrogens with two attached hydrogens (primary N) is 2. The van der Waals surface area contributed by atoms with Crippen LogP contribution in [-0.2, 0) is 14.8 Å². The largest absolute Gasteiger partial charge is 0.325 e. The lowest BCUT2D eigenvalue weighted by Crippen LogP contribution is -2.32. The van der Waals surface area contributed by atoms with Crippen molar-refractivity contribution in [3.8, 4) is 0 Å². The molecule has 0 bridgehead atoms. The van der Waals surface area contributed by atoms with E-state index < -0.39 is 16.1 Å². The van der Waals surface area contributed by atoms with Gasteiger partial charge in [-0.25, -0.2) is 13.6 Å². The number of hydrogen-bond acceptors (Lipinski definition) is 4. The fourth-order valence-corrected chi connectivity index (χ4v) is 1.50. The zero-order chi connectivity index (χ0) is 12.3. The maximum absolute atomic E-state index is 11.2. The number of carbonyl (C=O) groups excluding carboxylic acids is 1. The van der Waals surface area contributed by atoms with E-state index in [1.54, 1.807) is 6.92 Å². The first-order chi connectivity index (χ1) is 7.30. The lowest BCUT2D eigenvalue weighted by Gasteiger charge is -2.07. The van der Waals surface area contributed by atoms with Crippen LogP contribution in [0.5, 0.6) is 0 Å². The Morgan fingerprint density at radius 3 is 2.19 bits per heavy atom. The number of hydrogen-bond donors (Lipinski definition) is 3. The van der Waals surface area contributed by atoms with E-state index in [2.05, 4.69) is 5.32 Å². The highest BCUT2D eigenvalue weighted by Gasteiger charge is 2.09. The van der Waals surface area contributed by atoms with Gasteiger partial charge in [-0.05, 0) is 31.2 Å². The Morgan fingerprint density at radius 2 is 1.81 bits per heavy atom. The molecule has 6 nitrogen and oxygen atoms in total. The molecule has 0 radical (unpaired) electrons. The van der Waals surface area contributed by atoms with Gasteiger partial charge in [-0.1, -0.05) is 0 Å². The van der Waals surface area contributed by atoms with Crippen LogP contribution in [0.1, 0.15) is 6.92 Å². The third-order valence-electron chi connectivity index (χ3n) is 1.86. The predicted molar refractivity (Wildman–Crippen MR) is 60.1 cm³/mol. The van der Waals surface area contributed by atoms with E-state index in [-0.39, 0.29) is 10.8 Å². The second kappa shape index (κ2) is 4.60. The van der Waals surface area contributed by atoms with Gasteiger partial charge in [0.15, 0.2) is 0 Å². The van der Waals surface area contributed by atoms with Gasteiger partial charge in [0.2, 0.25) is 15.9 Å². The van der Waals surface area contributed by atoms with Crippen molar-refractivity contribution in [1.82, 2.24) is 0 Å². The third-order valence-corrected chi connectivity index (χ3v) is 2.79. The second-order valence-electron chi connectivity index (χ2n) is 3.35. The standard InChI is InChI=1S/C9H13N3O3S/c1-6(10)9(13)12-7-2-4-8(5-3-7)16(11,14)15/h2-6H,10H2,1H3,(H,12,13)(H2,11,14,15)/t6-/m0/s1. The summed E-state index contributed by atoms with van der Waals surface area (Å²) in [6, 6.07) is 4.89. The topological polar surface area (TPSA) is 115 Å². The monoisotopic (exact) mass is 243 g/mol. The lowest BCUT2D eigenvalue weighted by atomic mass is 10.3. The summed E-state index contributed by atoms with van der Waals surface area (Å²) >= 11 is 0. The van der Waals surface area contributed by atoms with Crippen LogP contribution in [0.3, 0.4) is 0 Å². The summed E-state index contributed by atoms with van der Waals surface area (Å²) in [7, 11) is -3.70. The molecule has 0 aliphatic heterocycles. The van der Waals surface area contributed by atoms with Crippen LogP contribution < -0.4 is 16.2 Å². The normalized spacial score (nSPS) is 13.2. The van der Waals surface area contributed by atoms with Crippen LogP contribution >= 0.6 is 0 Å². The Labute approximate surface area is 93.7 Å². The molecule has 0 saturated heterocycles. The Kier molecular flexibility index (Phi) is 3.63. The first-order valence-corrected chi connectivity index (χ1v) is 6.04. The molecule has 88 valence electrons. The van der Waals surface area contributed by atoms with Crippen molar-refractivity contribution in [1.29, 1.82) is 0 Å². The molecule has 1 aromatic carbocycles. The molecule has 0 aliphatic carbocycles. The Hall–Kier alpha value is -1.44. The number of primary sulfonamides is 1. The summed E-state index contributed by atoms with van der Waals surface area (Å²) in [6.45, 7) is 1.55. The van der Waals surface area contributed by atoms with E-state index in [9.17, 15) is 13.2 Å².